The number of aryl methyl sites for hydroxylation is 1. The van der Waals surface area contributed by atoms with Gasteiger partial charge in [-0.2, -0.15) is 0 Å². The molecule has 0 aliphatic carbocycles. The molecule has 2 rings (SSSR count). The molecule has 1 aromatic heterocycles. The molecule has 0 bridgehead atoms. The first-order valence-corrected chi connectivity index (χ1v) is 7.35. The quantitative estimate of drug-likeness (QED) is 0.772. The van der Waals surface area contributed by atoms with Gasteiger partial charge < -0.3 is 4.74 Å². The Morgan fingerprint density at radius 3 is 2.36 bits per heavy atom. The number of benzene rings is 1. The average Bonchev–Trinajstić information content (AvgIpc) is 2.39. The Kier molecular flexibility index (Phi) is 4.71. The van der Waals surface area contributed by atoms with Gasteiger partial charge in [0.15, 0.2) is 0 Å². The number of amides is 1. The first kappa shape index (κ1) is 16.3. The number of ether oxygens (including phenoxy) is 1. The van der Waals surface area contributed by atoms with Crippen molar-refractivity contribution in [2.45, 2.75) is 33.3 Å². The van der Waals surface area contributed by atoms with Crippen LogP contribution in [-0.2, 0) is 4.74 Å². The summed E-state index contributed by atoms with van der Waals surface area (Å²) < 4.78 is 5.49. The molecule has 116 valence electrons. The molecule has 22 heavy (non-hydrogen) atoms. The van der Waals surface area contributed by atoms with Crippen molar-refractivity contribution in [3.8, 4) is 0 Å². The van der Waals surface area contributed by atoms with Gasteiger partial charge >= 0.3 is 6.09 Å². The summed E-state index contributed by atoms with van der Waals surface area (Å²) in [6, 6.07) is 10.7. The minimum Gasteiger partial charge on any atom is -0.443 e. The highest BCUT2D eigenvalue weighted by atomic mass is 35.5. The minimum absolute atomic E-state index is 0.479. The predicted molar refractivity (Wildman–Crippen MR) is 88.8 cm³/mol. The molecule has 0 radical (unpaired) electrons. The first-order valence-electron chi connectivity index (χ1n) is 6.97. The lowest BCUT2D eigenvalue weighted by atomic mass is 10.2. The molecule has 0 saturated carbocycles. The Morgan fingerprint density at radius 2 is 1.82 bits per heavy atom. The highest BCUT2D eigenvalue weighted by Gasteiger charge is 2.25. The van der Waals surface area contributed by atoms with Crippen LogP contribution in [0.3, 0.4) is 0 Å². The van der Waals surface area contributed by atoms with Crippen molar-refractivity contribution < 1.29 is 9.53 Å². The SMILES string of the molecule is Cc1ccnc(N(C(=O)OC(C)(C)C)c2ccc(Cl)cc2)c1. The summed E-state index contributed by atoms with van der Waals surface area (Å²) in [5.41, 5.74) is 1.07. The van der Waals surface area contributed by atoms with E-state index in [1.807, 2.05) is 39.8 Å². The molecule has 2 aromatic rings. The van der Waals surface area contributed by atoms with Crippen LogP contribution in [0.2, 0.25) is 5.02 Å². The average molecular weight is 319 g/mol. The van der Waals surface area contributed by atoms with Gasteiger partial charge in [-0.25, -0.2) is 14.7 Å². The van der Waals surface area contributed by atoms with Crippen molar-refractivity contribution >= 4 is 29.2 Å². The molecule has 0 saturated heterocycles. The molecule has 5 heteroatoms. The molecule has 0 aliphatic rings. The fourth-order valence-electron chi connectivity index (χ4n) is 1.87. The lowest BCUT2D eigenvalue weighted by Crippen LogP contribution is -2.34. The second kappa shape index (κ2) is 6.36. The third kappa shape index (κ3) is 4.21. The standard InChI is InChI=1S/C17H19ClN2O2/c1-12-9-10-19-15(11-12)20(16(21)22-17(2,3)4)14-7-5-13(18)6-8-14/h5-11H,1-4H3. The van der Waals surface area contributed by atoms with E-state index in [0.29, 0.717) is 16.5 Å². The number of pyridine rings is 1. The van der Waals surface area contributed by atoms with E-state index < -0.39 is 11.7 Å². The molecule has 1 heterocycles. The zero-order chi connectivity index (χ0) is 16.3. The van der Waals surface area contributed by atoms with E-state index in [9.17, 15) is 4.79 Å². The molecule has 0 unspecified atom stereocenters. The zero-order valence-corrected chi connectivity index (χ0v) is 13.9. The van der Waals surface area contributed by atoms with Crippen molar-refractivity contribution in [1.82, 2.24) is 4.98 Å². The third-order valence-electron chi connectivity index (χ3n) is 2.79. The summed E-state index contributed by atoms with van der Waals surface area (Å²) in [5, 5.41) is 0.602. The molecule has 0 N–H and O–H groups in total. The van der Waals surface area contributed by atoms with E-state index in [-0.39, 0.29) is 0 Å². The second-order valence-electron chi connectivity index (χ2n) is 5.98. The largest absolute Gasteiger partial charge is 0.443 e. The maximum absolute atomic E-state index is 12.6. The molecule has 0 spiro atoms. The van der Waals surface area contributed by atoms with Crippen LogP contribution in [0, 0.1) is 6.92 Å². The monoisotopic (exact) mass is 318 g/mol. The second-order valence-corrected chi connectivity index (χ2v) is 6.42. The van der Waals surface area contributed by atoms with E-state index in [0.717, 1.165) is 5.56 Å². The smallest absolute Gasteiger partial charge is 0.420 e. The maximum Gasteiger partial charge on any atom is 0.420 e. The van der Waals surface area contributed by atoms with Crippen LogP contribution < -0.4 is 4.90 Å². The van der Waals surface area contributed by atoms with Crippen LogP contribution in [0.25, 0.3) is 0 Å². The van der Waals surface area contributed by atoms with Gasteiger partial charge in [0.25, 0.3) is 0 Å². The van der Waals surface area contributed by atoms with Crippen LogP contribution >= 0.6 is 11.6 Å². The fourth-order valence-corrected chi connectivity index (χ4v) is 2.00. The first-order chi connectivity index (χ1) is 10.3. The number of halogens is 1. The van der Waals surface area contributed by atoms with E-state index in [2.05, 4.69) is 4.98 Å². The summed E-state index contributed by atoms with van der Waals surface area (Å²) in [6.45, 7) is 7.43. The van der Waals surface area contributed by atoms with Gasteiger partial charge in [-0.1, -0.05) is 11.6 Å². The van der Waals surface area contributed by atoms with Crippen molar-refractivity contribution in [3.63, 3.8) is 0 Å². The third-order valence-corrected chi connectivity index (χ3v) is 3.04. The van der Waals surface area contributed by atoms with Crippen molar-refractivity contribution in [2.75, 3.05) is 4.90 Å². The van der Waals surface area contributed by atoms with Crippen molar-refractivity contribution in [1.29, 1.82) is 0 Å². The summed E-state index contributed by atoms with van der Waals surface area (Å²) in [7, 11) is 0. The summed E-state index contributed by atoms with van der Waals surface area (Å²) >= 11 is 5.92. The van der Waals surface area contributed by atoms with E-state index in [4.69, 9.17) is 16.3 Å². The Balaban J connectivity index is 2.45. The highest BCUT2D eigenvalue weighted by molar-refractivity contribution is 6.30. The summed E-state index contributed by atoms with van der Waals surface area (Å²) in [5.74, 6) is 0.511. The van der Waals surface area contributed by atoms with E-state index >= 15 is 0 Å². The molecule has 1 amide bonds. The Bertz CT molecular complexity index is 663. The number of nitrogens with zero attached hydrogens (tertiary/aromatic N) is 2. The minimum atomic E-state index is -0.592. The van der Waals surface area contributed by atoms with Gasteiger partial charge in [0, 0.05) is 11.2 Å². The molecular formula is C17H19ClN2O2. The van der Waals surface area contributed by atoms with Gasteiger partial charge in [-0.05, 0) is 69.7 Å². The van der Waals surface area contributed by atoms with E-state index in [1.54, 1.807) is 30.5 Å². The predicted octanol–water partition coefficient (Wildman–Crippen LogP) is 5.12. The van der Waals surface area contributed by atoms with Crippen LogP contribution in [0.1, 0.15) is 26.3 Å². The number of hydrogen-bond donors (Lipinski definition) is 0. The number of rotatable bonds is 2. The molecule has 4 nitrogen and oxygen atoms in total. The summed E-state index contributed by atoms with van der Waals surface area (Å²) in [4.78, 5) is 18.3. The van der Waals surface area contributed by atoms with Gasteiger partial charge in [0.05, 0.1) is 5.69 Å². The van der Waals surface area contributed by atoms with Crippen LogP contribution in [-0.4, -0.2) is 16.7 Å². The van der Waals surface area contributed by atoms with Crippen molar-refractivity contribution in [3.05, 3.63) is 53.2 Å². The Morgan fingerprint density at radius 1 is 1.18 bits per heavy atom. The topological polar surface area (TPSA) is 42.4 Å². The van der Waals surface area contributed by atoms with Crippen LogP contribution in [0.5, 0.6) is 0 Å². The Hall–Kier alpha value is -2.07. The van der Waals surface area contributed by atoms with Gasteiger partial charge in [0.1, 0.15) is 11.4 Å². The number of hydrogen-bond acceptors (Lipinski definition) is 3. The number of carbonyl (C=O) groups excluding carboxylic acids is 1. The Labute approximate surface area is 135 Å². The zero-order valence-electron chi connectivity index (χ0n) is 13.1. The normalized spacial score (nSPS) is 11.1. The number of carbonyl (C=O) groups is 1. The van der Waals surface area contributed by atoms with Gasteiger partial charge in [0.2, 0.25) is 0 Å². The lowest BCUT2D eigenvalue weighted by Gasteiger charge is -2.27. The van der Waals surface area contributed by atoms with Crippen LogP contribution in [0.15, 0.2) is 42.6 Å². The molecule has 0 aliphatic heterocycles. The molecule has 0 atom stereocenters. The lowest BCUT2D eigenvalue weighted by molar-refractivity contribution is 0.0598. The molecular weight excluding hydrogens is 300 g/mol. The number of aromatic nitrogens is 1. The molecule has 0 fully saturated rings. The van der Waals surface area contributed by atoms with Crippen molar-refractivity contribution in [2.24, 2.45) is 0 Å². The maximum atomic E-state index is 12.6. The highest BCUT2D eigenvalue weighted by Crippen LogP contribution is 2.27. The summed E-state index contributed by atoms with van der Waals surface area (Å²) in [6.07, 6.45) is 1.19. The number of anilines is 2. The molecule has 1 aromatic carbocycles. The van der Waals surface area contributed by atoms with Gasteiger partial charge in [-0.3, -0.25) is 0 Å². The van der Waals surface area contributed by atoms with Crippen LogP contribution in [0.4, 0.5) is 16.3 Å². The van der Waals surface area contributed by atoms with E-state index in [1.165, 1.54) is 4.90 Å². The fraction of sp³-hybridized carbons (Fsp3) is 0.294. The van der Waals surface area contributed by atoms with Gasteiger partial charge in [-0.15, -0.1) is 0 Å².